The molecule has 0 aliphatic heterocycles. The molecule has 0 atom stereocenters. The van der Waals surface area contributed by atoms with Gasteiger partial charge in [-0.05, 0) is 24.6 Å². The molecule has 0 saturated heterocycles. The first-order chi connectivity index (χ1) is 9.19. The van der Waals surface area contributed by atoms with E-state index in [1.165, 1.54) is 0 Å². The molecule has 5 heteroatoms. The SMILES string of the molecule is COc1cc(Cn2ccnc2C)cc(OC)c1OC. The van der Waals surface area contributed by atoms with Gasteiger partial charge in [0.25, 0.3) is 0 Å². The molecule has 0 fully saturated rings. The quantitative estimate of drug-likeness (QED) is 0.829. The predicted molar refractivity (Wildman–Crippen MR) is 72.2 cm³/mol. The Morgan fingerprint density at radius 3 is 2.11 bits per heavy atom. The van der Waals surface area contributed by atoms with Gasteiger partial charge in [-0.1, -0.05) is 0 Å². The number of rotatable bonds is 5. The molecule has 0 N–H and O–H groups in total. The highest BCUT2D eigenvalue weighted by Crippen LogP contribution is 2.38. The second-order valence-corrected chi connectivity index (χ2v) is 4.14. The van der Waals surface area contributed by atoms with E-state index < -0.39 is 0 Å². The van der Waals surface area contributed by atoms with Crippen molar-refractivity contribution in [1.82, 2.24) is 9.55 Å². The highest BCUT2D eigenvalue weighted by molar-refractivity contribution is 5.53. The third-order valence-electron chi connectivity index (χ3n) is 3.00. The Labute approximate surface area is 112 Å². The van der Waals surface area contributed by atoms with Crippen LogP contribution in [0.4, 0.5) is 0 Å². The van der Waals surface area contributed by atoms with Crippen molar-refractivity contribution in [1.29, 1.82) is 0 Å². The van der Waals surface area contributed by atoms with Gasteiger partial charge >= 0.3 is 0 Å². The lowest BCUT2D eigenvalue weighted by Crippen LogP contribution is -2.03. The number of ether oxygens (including phenoxy) is 3. The van der Waals surface area contributed by atoms with E-state index >= 15 is 0 Å². The average molecular weight is 262 g/mol. The van der Waals surface area contributed by atoms with E-state index in [9.17, 15) is 0 Å². The van der Waals surface area contributed by atoms with Crippen LogP contribution in [-0.2, 0) is 6.54 Å². The Morgan fingerprint density at radius 1 is 1.05 bits per heavy atom. The van der Waals surface area contributed by atoms with Crippen LogP contribution in [0.15, 0.2) is 24.5 Å². The third kappa shape index (κ3) is 2.65. The summed E-state index contributed by atoms with van der Waals surface area (Å²) in [4.78, 5) is 4.21. The van der Waals surface area contributed by atoms with E-state index in [0.29, 0.717) is 23.8 Å². The Balaban J connectivity index is 2.39. The highest BCUT2D eigenvalue weighted by Gasteiger charge is 2.13. The van der Waals surface area contributed by atoms with Crippen LogP contribution < -0.4 is 14.2 Å². The average Bonchev–Trinajstić information content (AvgIpc) is 2.83. The number of nitrogens with zero attached hydrogens (tertiary/aromatic N) is 2. The molecule has 19 heavy (non-hydrogen) atoms. The zero-order valence-electron chi connectivity index (χ0n) is 11.6. The lowest BCUT2D eigenvalue weighted by molar-refractivity contribution is 0.323. The Morgan fingerprint density at radius 2 is 1.68 bits per heavy atom. The van der Waals surface area contributed by atoms with Crippen LogP contribution in [0, 0.1) is 6.92 Å². The molecule has 2 rings (SSSR count). The lowest BCUT2D eigenvalue weighted by atomic mass is 10.1. The van der Waals surface area contributed by atoms with Crippen LogP contribution in [-0.4, -0.2) is 30.9 Å². The van der Waals surface area contributed by atoms with Crippen LogP contribution in [0.5, 0.6) is 17.2 Å². The van der Waals surface area contributed by atoms with Gasteiger partial charge in [-0.15, -0.1) is 0 Å². The van der Waals surface area contributed by atoms with E-state index in [4.69, 9.17) is 14.2 Å². The summed E-state index contributed by atoms with van der Waals surface area (Å²) in [5, 5.41) is 0. The smallest absolute Gasteiger partial charge is 0.203 e. The first kappa shape index (κ1) is 13.3. The largest absolute Gasteiger partial charge is 0.493 e. The maximum atomic E-state index is 5.34. The molecular weight excluding hydrogens is 244 g/mol. The van der Waals surface area contributed by atoms with Gasteiger partial charge in [0.2, 0.25) is 5.75 Å². The molecule has 1 aromatic carbocycles. The minimum absolute atomic E-state index is 0.608. The van der Waals surface area contributed by atoms with Crippen molar-refractivity contribution in [2.75, 3.05) is 21.3 Å². The minimum atomic E-state index is 0.608. The summed E-state index contributed by atoms with van der Waals surface area (Å²) in [6.45, 7) is 2.68. The number of imidazole rings is 1. The molecule has 0 spiro atoms. The normalized spacial score (nSPS) is 10.3. The molecule has 0 saturated carbocycles. The van der Waals surface area contributed by atoms with E-state index in [0.717, 1.165) is 11.4 Å². The lowest BCUT2D eigenvalue weighted by Gasteiger charge is -2.14. The van der Waals surface area contributed by atoms with Crippen molar-refractivity contribution >= 4 is 0 Å². The fraction of sp³-hybridized carbons (Fsp3) is 0.357. The second kappa shape index (κ2) is 5.65. The van der Waals surface area contributed by atoms with Gasteiger partial charge in [0.15, 0.2) is 11.5 Å². The Kier molecular flexibility index (Phi) is 3.94. The summed E-state index contributed by atoms with van der Waals surface area (Å²) in [6, 6.07) is 3.89. The van der Waals surface area contributed by atoms with Crippen molar-refractivity contribution in [2.45, 2.75) is 13.5 Å². The molecule has 102 valence electrons. The summed E-state index contributed by atoms with van der Waals surface area (Å²) >= 11 is 0. The van der Waals surface area contributed by atoms with Crippen LogP contribution in [0.3, 0.4) is 0 Å². The summed E-state index contributed by atoms with van der Waals surface area (Å²) in [5.74, 6) is 2.90. The van der Waals surface area contributed by atoms with Crippen molar-refractivity contribution < 1.29 is 14.2 Å². The van der Waals surface area contributed by atoms with Crippen molar-refractivity contribution in [3.63, 3.8) is 0 Å². The summed E-state index contributed by atoms with van der Waals surface area (Å²) in [5.41, 5.74) is 1.07. The molecule has 1 heterocycles. The highest BCUT2D eigenvalue weighted by atomic mass is 16.5. The van der Waals surface area contributed by atoms with E-state index in [1.54, 1.807) is 27.5 Å². The first-order valence-electron chi connectivity index (χ1n) is 5.96. The third-order valence-corrected chi connectivity index (χ3v) is 3.00. The van der Waals surface area contributed by atoms with Gasteiger partial charge in [-0.25, -0.2) is 4.98 Å². The number of benzene rings is 1. The molecule has 0 unspecified atom stereocenters. The number of hydrogen-bond acceptors (Lipinski definition) is 4. The first-order valence-corrected chi connectivity index (χ1v) is 5.96. The van der Waals surface area contributed by atoms with Crippen LogP contribution >= 0.6 is 0 Å². The van der Waals surface area contributed by atoms with Crippen molar-refractivity contribution in [3.8, 4) is 17.2 Å². The molecule has 0 aliphatic carbocycles. The topological polar surface area (TPSA) is 45.5 Å². The number of aromatic nitrogens is 2. The fourth-order valence-corrected chi connectivity index (χ4v) is 1.99. The molecule has 1 aromatic heterocycles. The van der Waals surface area contributed by atoms with Crippen molar-refractivity contribution in [3.05, 3.63) is 35.9 Å². The van der Waals surface area contributed by atoms with E-state index in [2.05, 4.69) is 9.55 Å². The number of aryl methyl sites for hydroxylation is 1. The number of hydrogen-bond donors (Lipinski definition) is 0. The van der Waals surface area contributed by atoms with Gasteiger partial charge in [0.05, 0.1) is 21.3 Å². The maximum Gasteiger partial charge on any atom is 0.203 e. The second-order valence-electron chi connectivity index (χ2n) is 4.14. The van der Waals surface area contributed by atoms with Crippen LogP contribution in [0.25, 0.3) is 0 Å². The van der Waals surface area contributed by atoms with Gasteiger partial charge in [-0.3, -0.25) is 0 Å². The monoisotopic (exact) mass is 262 g/mol. The minimum Gasteiger partial charge on any atom is -0.493 e. The Bertz CT molecular complexity index is 539. The number of methoxy groups -OCH3 is 3. The molecular formula is C14H18N2O3. The summed E-state index contributed by atoms with van der Waals surface area (Å²) < 4.78 is 18.0. The van der Waals surface area contributed by atoms with Crippen LogP contribution in [0.1, 0.15) is 11.4 Å². The Hall–Kier alpha value is -2.17. The molecule has 0 bridgehead atoms. The molecule has 0 amide bonds. The molecule has 5 nitrogen and oxygen atoms in total. The molecule has 0 radical (unpaired) electrons. The molecule has 0 aliphatic rings. The van der Waals surface area contributed by atoms with Gasteiger partial charge < -0.3 is 18.8 Å². The van der Waals surface area contributed by atoms with Crippen molar-refractivity contribution in [2.24, 2.45) is 0 Å². The fourth-order valence-electron chi connectivity index (χ4n) is 1.99. The van der Waals surface area contributed by atoms with E-state index in [1.807, 2.05) is 25.3 Å². The summed E-state index contributed by atoms with van der Waals surface area (Å²) in [6.07, 6.45) is 3.73. The standard InChI is InChI=1S/C14H18N2O3/c1-10-15-5-6-16(10)9-11-7-12(17-2)14(19-4)13(8-11)18-3/h5-8H,9H2,1-4H3. The predicted octanol–water partition coefficient (Wildman–Crippen LogP) is 2.27. The summed E-state index contributed by atoms with van der Waals surface area (Å²) in [7, 11) is 4.83. The maximum absolute atomic E-state index is 5.34. The molecule has 2 aromatic rings. The van der Waals surface area contributed by atoms with Gasteiger partial charge in [0.1, 0.15) is 5.82 Å². The van der Waals surface area contributed by atoms with E-state index in [-0.39, 0.29) is 0 Å². The van der Waals surface area contributed by atoms with Crippen LogP contribution in [0.2, 0.25) is 0 Å². The zero-order valence-corrected chi connectivity index (χ0v) is 11.6. The zero-order chi connectivity index (χ0) is 13.8. The van der Waals surface area contributed by atoms with Gasteiger partial charge in [-0.2, -0.15) is 0 Å². The van der Waals surface area contributed by atoms with Gasteiger partial charge in [0, 0.05) is 18.9 Å².